The number of hydrogen-bond acceptors (Lipinski definition) is 9. The number of carbonyl (C=O) groups is 1. The highest BCUT2D eigenvalue weighted by molar-refractivity contribution is 6.02. The molecule has 422 valence electrons. The third-order valence-electron chi connectivity index (χ3n) is 14.8. The Morgan fingerprint density at radius 1 is 0.358 bits per heavy atom. The zero-order valence-electron chi connectivity index (χ0n) is 48.7. The molecule has 0 atom stereocenters. The Kier molecular flexibility index (Phi) is 20.2. The Balaban J connectivity index is 1.41. The van der Waals surface area contributed by atoms with E-state index in [0.717, 1.165) is 162 Å². The molecule has 0 fully saturated rings. The number of aromatic nitrogens is 4. The standard InChI is InChI=1S/C70H80N4O7/c1-8-14-40-76-53-26-20-49(21-27-53)67-55-30-33-58(71-55)70(52-25-39-64(79-43-17-11-4)66(47-52)81-45-19-13-6)62-37-36-61(74(62)48-75)68(50-22-28-54(29-23-50)77-41-15-9-2)56-31-32-57(72-56)69(60-35-34-59(67)73(60)7)51-24-38-63(78-42-16-10-3)65(46-51)80-44-18-12-5/h20-39,46-48H,8-19,40-45H2,1-7H3. The molecule has 81 heavy (non-hydrogen) atoms. The molecule has 0 spiro atoms. The Labute approximate surface area is 479 Å². The summed E-state index contributed by atoms with van der Waals surface area (Å²) < 4.78 is 42.2. The largest absolute Gasteiger partial charge is 0.494 e. The van der Waals surface area contributed by atoms with Crippen LogP contribution in [0.4, 0.5) is 0 Å². The Morgan fingerprint density at radius 2 is 0.654 bits per heavy atom. The maximum absolute atomic E-state index is 14.2. The molecule has 2 aliphatic heterocycles. The molecule has 0 radical (unpaired) electrons. The first kappa shape index (κ1) is 57.6. The molecule has 7 aromatic rings. The van der Waals surface area contributed by atoms with Crippen LogP contribution in [0.3, 0.4) is 0 Å². The summed E-state index contributed by atoms with van der Waals surface area (Å²) in [5, 5.41) is 0. The van der Waals surface area contributed by atoms with Crippen LogP contribution >= 0.6 is 0 Å². The molecule has 11 nitrogen and oxygen atoms in total. The second-order valence-corrected chi connectivity index (χ2v) is 20.8. The molecule has 5 heterocycles. The third-order valence-corrected chi connectivity index (χ3v) is 14.8. The lowest BCUT2D eigenvalue weighted by Gasteiger charge is -2.16. The van der Waals surface area contributed by atoms with Crippen LogP contribution in [0.15, 0.2) is 109 Å². The van der Waals surface area contributed by atoms with E-state index in [9.17, 15) is 4.79 Å². The van der Waals surface area contributed by atoms with E-state index in [2.05, 4.69) is 132 Å². The van der Waals surface area contributed by atoms with E-state index >= 15 is 0 Å². The van der Waals surface area contributed by atoms with Crippen molar-refractivity contribution in [2.45, 2.75) is 119 Å². The van der Waals surface area contributed by atoms with Crippen LogP contribution in [0.1, 0.15) is 141 Å². The highest BCUT2D eigenvalue weighted by atomic mass is 16.5. The van der Waals surface area contributed by atoms with E-state index in [4.69, 9.17) is 38.4 Å². The molecule has 2 aliphatic rings. The van der Waals surface area contributed by atoms with Crippen molar-refractivity contribution >= 4 is 52.8 Å². The van der Waals surface area contributed by atoms with Crippen LogP contribution in [-0.2, 0) is 11.8 Å². The first-order valence-corrected chi connectivity index (χ1v) is 29.7. The highest BCUT2D eigenvalue weighted by Gasteiger charge is 2.24. The lowest BCUT2D eigenvalue weighted by molar-refractivity contribution is 0.262. The molecule has 4 aromatic carbocycles. The lowest BCUT2D eigenvalue weighted by atomic mass is 10.0. The summed E-state index contributed by atoms with van der Waals surface area (Å²) in [4.78, 5) is 25.4. The Morgan fingerprint density at radius 3 is 1.01 bits per heavy atom. The van der Waals surface area contributed by atoms with Crippen molar-refractivity contribution in [2.75, 3.05) is 39.6 Å². The van der Waals surface area contributed by atoms with Crippen LogP contribution in [0.25, 0.3) is 90.9 Å². The van der Waals surface area contributed by atoms with E-state index in [1.807, 2.05) is 54.6 Å². The number of carbonyl (C=O) groups excluding carboxylic acids is 1. The maximum Gasteiger partial charge on any atom is 0.218 e. The molecule has 3 aromatic heterocycles. The van der Waals surface area contributed by atoms with Crippen molar-refractivity contribution in [3.63, 3.8) is 0 Å². The Hall–Kier alpha value is -8.05. The molecule has 11 heteroatoms. The normalized spacial score (nSPS) is 11.7. The summed E-state index contributed by atoms with van der Waals surface area (Å²) in [6.45, 7) is 16.5. The van der Waals surface area contributed by atoms with Gasteiger partial charge in [-0.2, -0.15) is 0 Å². The van der Waals surface area contributed by atoms with E-state index in [0.29, 0.717) is 85.1 Å². The number of unbranched alkanes of at least 4 members (excludes halogenated alkanes) is 6. The molecule has 8 bridgehead atoms. The number of fused-ring (bicyclic) bond motifs is 8. The van der Waals surface area contributed by atoms with Crippen molar-refractivity contribution in [1.29, 1.82) is 0 Å². The van der Waals surface area contributed by atoms with Gasteiger partial charge in [-0.25, -0.2) is 9.97 Å². The van der Waals surface area contributed by atoms with Crippen molar-refractivity contribution < 1.29 is 33.2 Å². The fraction of sp³-hybridized carbons (Fsp3) is 0.357. The van der Waals surface area contributed by atoms with Crippen LogP contribution in [-0.4, -0.2) is 65.2 Å². The molecule has 0 unspecified atom stereocenters. The topological polar surface area (TPSA) is 108 Å². The van der Waals surface area contributed by atoms with E-state index in [-0.39, 0.29) is 0 Å². The van der Waals surface area contributed by atoms with Gasteiger partial charge in [0.25, 0.3) is 0 Å². The molecule has 0 saturated carbocycles. The molecular weight excluding hydrogens is 1010 g/mol. The predicted molar refractivity (Wildman–Crippen MR) is 333 cm³/mol. The van der Waals surface area contributed by atoms with Crippen LogP contribution in [0, 0.1) is 0 Å². The van der Waals surface area contributed by atoms with Gasteiger partial charge in [0.1, 0.15) is 11.5 Å². The first-order chi connectivity index (χ1) is 39.8. The zero-order chi connectivity index (χ0) is 56.5. The van der Waals surface area contributed by atoms with Crippen molar-refractivity contribution in [3.8, 4) is 79.0 Å². The van der Waals surface area contributed by atoms with Gasteiger partial charge in [-0.15, -0.1) is 0 Å². The summed E-state index contributed by atoms with van der Waals surface area (Å²) in [5.41, 5.74) is 13.0. The van der Waals surface area contributed by atoms with Crippen LogP contribution in [0.2, 0.25) is 0 Å². The molecule has 0 saturated heterocycles. The summed E-state index contributed by atoms with van der Waals surface area (Å²) >= 11 is 0. The molecule has 0 aliphatic carbocycles. The monoisotopic (exact) mass is 1090 g/mol. The second kappa shape index (κ2) is 28.4. The van der Waals surface area contributed by atoms with Crippen molar-refractivity contribution in [2.24, 2.45) is 7.05 Å². The van der Waals surface area contributed by atoms with E-state index in [1.54, 1.807) is 4.57 Å². The number of nitrogens with zero attached hydrogens (tertiary/aromatic N) is 4. The molecule has 0 N–H and O–H groups in total. The molecular formula is C70H80N4O7. The number of benzene rings is 4. The molecule has 0 amide bonds. The van der Waals surface area contributed by atoms with Gasteiger partial charge >= 0.3 is 0 Å². The number of hydrogen-bond donors (Lipinski definition) is 0. The average molecular weight is 1090 g/mol. The number of ether oxygens (including phenoxy) is 6. The minimum Gasteiger partial charge on any atom is -0.494 e. The summed E-state index contributed by atoms with van der Waals surface area (Å²) in [7, 11) is 2.12. The second-order valence-electron chi connectivity index (χ2n) is 20.8. The number of aryl methyl sites for hydroxylation is 1. The van der Waals surface area contributed by atoms with E-state index in [1.165, 1.54) is 0 Å². The number of rotatable bonds is 29. The van der Waals surface area contributed by atoms with E-state index < -0.39 is 0 Å². The summed E-state index contributed by atoms with van der Waals surface area (Å²) in [6, 6.07) is 37.2. The summed E-state index contributed by atoms with van der Waals surface area (Å²) in [6.07, 6.45) is 20.9. The fourth-order valence-corrected chi connectivity index (χ4v) is 10.2. The first-order valence-electron chi connectivity index (χ1n) is 29.7. The van der Waals surface area contributed by atoms with Crippen LogP contribution in [0.5, 0.6) is 34.5 Å². The lowest BCUT2D eigenvalue weighted by Crippen LogP contribution is -2.03. The minimum absolute atomic E-state index is 0.535. The highest BCUT2D eigenvalue weighted by Crippen LogP contribution is 2.43. The smallest absolute Gasteiger partial charge is 0.218 e. The van der Waals surface area contributed by atoms with Gasteiger partial charge in [0.05, 0.1) is 84.5 Å². The quantitative estimate of drug-likeness (QED) is 0.0335. The predicted octanol–water partition coefficient (Wildman–Crippen LogP) is 17.9. The fourth-order valence-electron chi connectivity index (χ4n) is 10.2. The maximum atomic E-state index is 14.2. The van der Waals surface area contributed by atoms with Gasteiger partial charge in [-0.3, -0.25) is 9.36 Å². The molecule has 9 rings (SSSR count). The van der Waals surface area contributed by atoms with Crippen molar-refractivity contribution in [3.05, 3.63) is 132 Å². The van der Waals surface area contributed by atoms with Crippen molar-refractivity contribution in [1.82, 2.24) is 19.1 Å². The van der Waals surface area contributed by atoms with Gasteiger partial charge in [0.15, 0.2) is 23.0 Å². The summed E-state index contributed by atoms with van der Waals surface area (Å²) in [5.74, 6) is 4.32. The minimum atomic E-state index is 0.535. The van der Waals surface area contributed by atoms with Crippen LogP contribution < -0.4 is 28.4 Å². The third kappa shape index (κ3) is 13.4. The zero-order valence-corrected chi connectivity index (χ0v) is 48.7. The van der Waals surface area contributed by atoms with Gasteiger partial charge < -0.3 is 33.0 Å². The van der Waals surface area contributed by atoms with Gasteiger partial charge in [0, 0.05) is 29.3 Å². The van der Waals surface area contributed by atoms with Gasteiger partial charge in [-0.1, -0.05) is 116 Å². The van der Waals surface area contributed by atoms with Gasteiger partial charge in [-0.05, 0) is 158 Å². The average Bonchev–Trinajstić information content (AvgIpc) is 4.39. The van der Waals surface area contributed by atoms with Gasteiger partial charge in [0.2, 0.25) is 6.41 Å². The Bertz CT molecular complexity index is 3500. The SMILES string of the molecule is CCCCOc1ccc(-c2c3nc(c(-c4ccc(OCCCC)c(OCCCC)c4)c4ccc(c(-c5ccc(OCCCC)cc5)c5nc(c(-c6ccc(OCCCC)c(OCCCC)c6)c6ccc2n6C)C=C5)n4C=O)C=C3)cc1.